The van der Waals surface area contributed by atoms with Gasteiger partial charge in [0.05, 0.1) is 6.21 Å². The van der Waals surface area contributed by atoms with Gasteiger partial charge in [-0.25, -0.2) is 5.43 Å². The molecule has 3 rings (SSSR count). The van der Waals surface area contributed by atoms with Gasteiger partial charge in [0.2, 0.25) is 5.91 Å². The van der Waals surface area contributed by atoms with Crippen LogP contribution in [-0.4, -0.2) is 22.4 Å². The van der Waals surface area contributed by atoms with Crippen molar-refractivity contribution in [2.75, 3.05) is 5.75 Å². The quantitative estimate of drug-likeness (QED) is 0.300. The number of hydrogen-bond donors (Lipinski definition) is 1. The summed E-state index contributed by atoms with van der Waals surface area (Å²) in [5, 5.41) is 4.86. The number of carbonyl (C=O) groups is 1. The fourth-order valence-corrected chi connectivity index (χ4v) is 4.10. The van der Waals surface area contributed by atoms with Crippen molar-refractivity contribution in [1.82, 2.24) is 9.99 Å². The molecule has 1 heterocycles. The van der Waals surface area contributed by atoms with Crippen LogP contribution in [0.2, 0.25) is 5.02 Å². The van der Waals surface area contributed by atoms with Crippen molar-refractivity contribution in [3.8, 4) is 5.69 Å². The van der Waals surface area contributed by atoms with Crippen LogP contribution in [0.4, 0.5) is 0 Å². The number of thioether (sulfide) groups is 1. The first-order valence-corrected chi connectivity index (χ1v) is 10.8. The highest BCUT2D eigenvalue weighted by atomic mass is 35.5. The molecule has 0 bridgehead atoms. The van der Waals surface area contributed by atoms with E-state index in [4.69, 9.17) is 11.6 Å². The van der Waals surface area contributed by atoms with E-state index >= 15 is 0 Å². The normalized spacial score (nSPS) is 11.2. The van der Waals surface area contributed by atoms with Crippen LogP contribution in [0.3, 0.4) is 0 Å². The molecule has 0 aliphatic rings. The van der Waals surface area contributed by atoms with Crippen molar-refractivity contribution in [2.24, 2.45) is 5.10 Å². The van der Waals surface area contributed by atoms with Gasteiger partial charge in [0, 0.05) is 44.7 Å². The minimum atomic E-state index is -0.101. The Balaban J connectivity index is 1.56. The molecule has 4 nitrogen and oxygen atoms in total. The molecule has 150 valence electrons. The van der Waals surface area contributed by atoms with Crippen molar-refractivity contribution < 1.29 is 4.79 Å². The lowest BCUT2D eigenvalue weighted by Crippen LogP contribution is -2.17. The molecule has 0 saturated heterocycles. The second-order valence-corrected chi connectivity index (χ2v) is 8.40. The molecule has 3 aromatic rings. The molecule has 0 aliphatic heterocycles. The zero-order valence-corrected chi connectivity index (χ0v) is 18.3. The summed E-state index contributed by atoms with van der Waals surface area (Å²) >= 11 is 7.50. The van der Waals surface area contributed by atoms with Crippen LogP contribution >= 0.6 is 23.4 Å². The third kappa shape index (κ3) is 5.52. The first kappa shape index (κ1) is 21.2. The second-order valence-electron chi connectivity index (χ2n) is 6.79. The Bertz CT molecular complexity index is 1030. The van der Waals surface area contributed by atoms with Gasteiger partial charge in [-0.05, 0) is 62.7 Å². The number of benzene rings is 2. The van der Waals surface area contributed by atoms with Gasteiger partial charge < -0.3 is 4.57 Å². The lowest BCUT2D eigenvalue weighted by atomic mass is 10.2. The number of hydrogen-bond acceptors (Lipinski definition) is 3. The predicted molar refractivity (Wildman–Crippen MR) is 123 cm³/mol. The maximum absolute atomic E-state index is 12.0. The summed E-state index contributed by atoms with van der Waals surface area (Å²) in [7, 11) is 0. The van der Waals surface area contributed by atoms with Crippen molar-refractivity contribution in [1.29, 1.82) is 0 Å². The fourth-order valence-electron chi connectivity index (χ4n) is 3.13. The average Bonchev–Trinajstić information content (AvgIpc) is 2.97. The summed E-state index contributed by atoms with van der Waals surface area (Å²) in [5.74, 6) is 0.584. The molecule has 1 aromatic heterocycles. The number of aromatic nitrogens is 1. The van der Waals surface area contributed by atoms with E-state index in [1.807, 2.05) is 36.4 Å². The van der Waals surface area contributed by atoms with E-state index in [1.165, 1.54) is 5.56 Å². The molecule has 0 aliphatic carbocycles. The number of nitrogens with zero attached hydrogens (tertiary/aromatic N) is 2. The summed E-state index contributed by atoms with van der Waals surface area (Å²) in [4.78, 5) is 13.1. The van der Waals surface area contributed by atoms with Crippen molar-refractivity contribution in [2.45, 2.75) is 32.1 Å². The van der Waals surface area contributed by atoms with Crippen LogP contribution in [0.15, 0.2) is 64.6 Å². The monoisotopic (exact) mass is 425 g/mol. The fraction of sp³-hybridized carbons (Fsp3) is 0.217. The van der Waals surface area contributed by atoms with E-state index in [2.05, 4.69) is 54.1 Å². The predicted octanol–water partition coefficient (Wildman–Crippen LogP) is 5.69. The van der Waals surface area contributed by atoms with E-state index in [-0.39, 0.29) is 5.91 Å². The highest BCUT2D eigenvalue weighted by Gasteiger charge is 2.11. The van der Waals surface area contributed by atoms with Crippen molar-refractivity contribution in [3.63, 3.8) is 0 Å². The summed E-state index contributed by atoms with van der Waals surface area (Å²) in [6, 6.07) is 18.0. The lowest BCUT2D eigenvalue weighted by Gasteiger charge is -2.12. The molecule has 1 amide bonds. The van der Waals surface area contributed by atoms with Gasteiger partial charge in [-0.1, -0.05) is 29.8 Å². The molecule has 6 heteroatoms. The minimum Gasteiger partial charge on any atom is -0.318 e. The third-order valence-electron chi connectivity index (χ3n) is 4.63. The summed E-state index contributed by atoms with van der Waals surface area (Å²) in [6.45, 7) is 6.24. The second kappa shape index (κ2) is 9.81. The number of carbonyl (C=O) groups excluding carboxylic acids is 1. The first-order chi connectivity index (χ1) is 14.0. The van der Waals surface area contributed by atoms with E-state index in [0.29, 0.717) is 17.2 Å². The lowest BCUT2D eigenvalue weighted by molar-refractivity contribution is -0.120. The largest absolute Gasteiger partial charge is 0.318 e. The zero-order chi connectivity index (χ0) is 20.8. The Hall–Kier alpha value is -2.50. The highest BCUT2D eigenvalue weighted by molar-refractivity contribution is 7.99. The standard InChI is InChI=1S/C23H24ClN3OS/c1-16-6-4-5-7-22(16)27-17(2)14-19(18(27)3)15-25-26-23(28)12-13-29-21-10-8-20(24)9-11-21/h4-11,14-15H,12-13H2,1-3H3,(H,26,28)/b25-15-. The van der Waals surface area contributed by atoms with Crippen LogP contribution in [0.1, 0.15) is 28.9 Å². The number of amides is 1. The Morgan fingerprint density at radius 3 is 2.59 bits per heavy atom. The first-order valence-electron chi connectivity index (χ1n) is 9.41. The minimum absolute atomic E-state index is 0.101. The molecule has 0 unspecified atom stereocenters. The average molecular weight is 426 g/mol. The molecule has 29 heavy (non-hydrogen) atoms. The van der Waals surface area contributed by atoms with Crippen LogP contribution < -0.4 is 5.43 Å². The summed E-state index contributed by atoms with van der Waals surface area (Å²) in [6.07, 6.45) is 2.11. The molecule has 2 aromatic carbocycles. The van der Waals surface area contributed by atoms with Crippen molar-refractivity contribution >= 4 is 35.5 Å². The van der Waals surface area contributed by atoms with Crippen LogP contribution in [0, 0.1) is 20.8 Å². The van der Waals surface area contributed by atoms with E-state index < -0.39 is 0 Å². The van der Waals surface area contributed by atoms with E-state index in [1.54, 1.807) is 18.0 Å². The molecule has 0 radical (unpaired) electrons. The van der Waals surface area contributed by atoms with E-state index in [0.717, 1.165) is 27.5 Å². The molecule has 0 fully saturated rings. The Labute approximate surface area is 181 Å². The van der Waals surface area contributed by atoms with Gasteiger partial charge in [0.15, 0.2) is 0 Å². The molecule has 0 atom stereocenters. The van der Waals surface area contributed by atoms with Gasteiger partial charge >= 0.3 is 0 Å². The number of aryl methyl sites for hydroxylation is 2. The van der Waals surface area contributed by atoms with Crippen LogP contribution in [-0.2, 0) is 4.79 Å². The molecule has 1 N–H and O–H groups in total. The van der Waals surface area contributed by atoms with Crippen LogP contribution in [0.5, 0.6) is 0 Å². The summed E-state index contributed by atoms with van der Waals surface area (Å²) < 4.78 is 2.21. The van der Waals surface area contributed by atoms with Crippen LogP contribution in [0.25, 0.3) is 5.69 Å². The topological polar surface area (TPSA) is 46.4 Å². The number of para-hydroxylation sites is 1. The molecular formula is C23H24ClN3OS. The van der Waals surface area contributed by atoms with Gasteiger partial charge in [-0.15, -0.1) is 11.8 Å². The SMILES string of the molecule is Cc1ccccc1-n1c(C)cc(/C=N\NC(=O)CCSc2ccc(Cl)cc2)c1C. The smallest absolute Gasteiger partial charge is 0.240 e. The van der Waals surface area contributed by atoms with Gasteiger partial charge in [0.1, 0.15) is 0 Å². The van der Waals surface area contributed by atoms with Gasteiger partial charge in [0.25, 0.3) is 0 Å². The van der Waals surface area contributed by atoms with Gasteiger partial charge in [-0.3, -0.25) is 4.79 Å². The summed E-state index contributed by atoms with van der Waals surface area (Å²) in [5.41, 5.74) is 8.20. The zero-order valence-electron chi connectivity index (χ0n) is 16.8. The highest BCUT2D eigenvalue weighted by Crippen LogP contribution is 2.22. The molecule has 0 saturated carbocycles. The Kier molecular flexibility index (Phi) is 7.18. The number of nitrogens with one attached hydrogen (secondary N) is 1. The number of rotatable bonds is 7. The Morgan fingerprint density at radius 1 is 1.14 bits per heavy atom. The maximum atomic E-state index is 12.0. The van der Waals surface area contributed by atoms with Crippen molar-refractivity contribution in [3.05, 3.63) is 82.1 Å². The number of halogens is 1. The Morgan fingerprint density at radius 2 is 1.86 bits per heavy atom. The third-order valence-corrected chi connectivity index (χ3v) is 5.90. The molecular weight excluding hydrogens is 402 g/mol. The maximum Gasteiger partial charge on any atom is 0.240 e. The molecule has 0 spiro atoms. The van der Waals surface area contributed by atoms with E-state index in [9.17, 15) is 4.79 Å². The van der Waals surface area contributed by atoms with Gasteiger partial charge in [-0.2, -0.15) is 5.10 Å². The number of hydrazone groups is 1.